The lowest BCUT2D eigenvalue weighted by Gasteiger charge is -2.20. The number of carbonyl (C=O) groups is 2. The highest BCUT2D eigenvalue weighted by Gasteiger charge is 2.13. The summed E-state index contributed by atoms with van der Waals surface area (Å²) in [5.41, 5.74) is 1.07. The Morgan fingerprint density at radius 2 is 1.50 bits per heavy atom. The van der Waals surface area contributed by atoms with Gasteiger partial charge in [0.25, 0.3) is 0 Å². The molecule has 0 bridgehead atoms. The molecule has 0 unspecified atom stereocenters. The molecule has 0 aliphatic heterocycles. The summed E-state index contributed by atoms with van der Waals surface area (Å²) in [6.45, 7) is 0.985. The van der Waals surface area contributed by atoms with Gasteiger partial charge < -0.3 is 10.6 Å². The van der Waals surface area contributed by atoms with Gasteiger partial charge in [-0.15, -0.1) is 0 Å². The van der Waals surface area contributed by atoms with Crippen LogP contribution >= 0.6 is 0 Å². The maximum Gasteiger partial charge on any atom is 0.233 e. The van der Waals surface area contributed by atoms with Crippen LogP contribution in [-0.4, -0.2) is 43.9 Å². The third-order valence-electron chi connectivity index (χ3n) is 2.54. The second-order valence-electron chi connectivity index (χ2n) is 3.98. The molecular formula is C13H19N3O2. The minimum Gasteiger partial charge on any atom is -0.358 e. The predicted molar refractivity (Wildman–Crippen MR) is 69.9 cm³/mol. The summed E-state index contributed by atoms with van der Waals surface area (Å²) in [4.78, 5) is 24.6. The molecule has 2 amide bonds. The summed E-state index contributed by atoms with van der Waals surface area (Å²) in [6, 6.07) is 9.76. The average molecular weight is 249 g/mol. The Balaban J connectivity index is 2.64. The summed E-state index contributed by atoms with van der Waals surface area (Å²) in [6.07, 6.45) is 0. The zero-order chi connectivity index (χ0) is 13.4. The van der Waals surface area contributed by atoms with Crippen LogP contribution in [0.2, 0.25) is 0 Å². The van der Waals surface area contributed by atoms with Crippen molar-refractivity contribution in [1.82, 2.24) is 15.5 Å². The maximum absolute atomic E-state index is 11.4. The minimum absolute atomic E-state index is 0.102. The molecule has 1 rings (SSSR count). The van der Waals surface area contributed by atoms with Gasteiger partial charge in [-0.1, -0.05) is 30.3 Å². The first-order chi connectivity index (χ1) is 8.65. The Morgan fingerprint density at radius 3 is 1.94 bits per heavy atom. The molecule has 1 aromatic carbocycles. The third-order valence-corrected chi connectivity index (χ3v) is 2.54. The van der Waals surface area contributed by atoms with E-state index in [1.54, 1.807) is 19.0 Å². The van der Waals surface area contributed by atoms with Crippen molar-refractivity contribution < 1.29 is 9.59 Å². The first kappa shape index (κ1) is 14.2. The van der Waals surface area contributed by atoms with Crippen LogP contribution in [0.15, 0.2) is 30.3 Å². The summed E-state index contributed by atoms with van der Waals surface area (Å²) in [5, 5.41) is 5.12. The average Bonchev–Trinajstić information content (AvgIpc) is 2.39. The van der Waals surface area contributed by atoms with Crippen LogP contribution in [0.4, 0.5) is 0 Å². The van der Waals surface area contributed by atoms with E-state index in [1.165, 1.54) is 0 Å². The second kappa shape index (κ2) is 7.45. The topological polar surface area (TPSA) is 61.4 Å². The van der Waals surface area contributed by atoms with Gasteiger partial charge in [0.05, 0.1) is 13.1 Å². The largest absolute Gasteiger partial charge is 0.358 e. The Kier molecular flexibility index (Phi) is 5.87. The number of benzene rings is 1. The fourth-order valence-corrected chi connectivity index (χ4v) is 1.57. The number of hydrogen-bond donors (Lipinski definition) is 2. The van der Waals surface area contributed by atoms with Gasteiger partial charge in [-0.05, 0) is 5.56 Å². The third kappa shape index (κ3) is 4.97. The molecule has 0 spiro atoms. The zero-order valence-corrected chi connectivity index (χ0v) is 10.8. The van der Waals surface area contributed by atoms with E-state index in [9.17, 15) is 9.59 Å². The smallest absolute Gasteiger partial charge is 0.233 e. The van der Waals surface area contributed by atoms with Crippen LogP contribution in [-0.2, 0) is 16.1 Å². The highest BCUT2D eigenvalue weighted by Crippen LogP contribution is 2.03. The standard InChI is InChI=1S/C13H19N3O2/c1-14-12(17)9-16(10-13(18)15-2)8-11-6-4-3-5-7-11/h3-7H,8-10H2,1-2H3,(H,14,17)(H,15,18). The van der Waals surface area contributed by atoms with Gasteiger partial charge in [0.2, 0.25) is 11.8 Å². The lowest BCUT2D eigenvalue weighted by Crippen LogP contribution is -2.41. The molecule has 5 heteroatoms. The van der Waals surface area contributed by atoms with Gasteiger partial charge in [-0.3, -0.25) is 14.5 Å². The van der Waals surface area contributed by atoms with Crippen molar-refractivity contribution >= 4 is 11.8 Å². The molecule has 0 saturated heterocycles. The Hall–Kier alpha value is -1.88. The molecule has 0 fully saturated rings. The molecule has 2 N–H and O–H groups in total. The van der Waals surface area contributed by atoms with Crippen molar-refractivity contribution in [2.75, 3.05) is 27.2 Å². The van der Waals surface area contributed by atoms with Gasteiger partial charge in [-0.25, -0.2) is 0 Å². The molecule has 1 aromatic rings. The Morgan fingerprint density at radius 1 is 1.00 bits per heavy atom. The summed E-state index contributed by atoms with van der Waals surface area (Å²) in [5.74, 6) is -0.204. The SMILES string of the molecule is CNC(=O)CN(CC(=O)NC)Cc1ccccc1. The van der Waals surface area contributed by atoms with E-state index in [0.29, 0.717) is 6.54 Å². The van der Waals surface area contributed by atoms with Gasteiger partial charge in [0.1, 0.15) is 0 Å². The molecule has 5 nitrogen and oxygen atoms in total. The fraction of sp³-hybridized carbons (Fsp3) is 0.385. The number of amides is 2. The van der Waals surface area contributed by atoms with Crippen LogP contribution in [0.5, 0.6) is 0 Å². The van der Waals surface area contributed by atoms with Crippen LogP contribution < -0.4 is 10.6 Å². The first-order valence-electron chi connectivity index (χ1n) is 5.83. The predicted octanol–water partition coefficient (Wildman–Crippen LogP) is -0.0194. The Labute approximate surface area is 107 Å². The van der Waals surface area contributed by atoms with E-state index >= 15 is 0 Å². The maximum atomic E-state index is 11.4. The number of nitrogens with zero attached hydrogens (tertiary/aromatic N) is 1. The van der Waals surface area contributed by atoms with Gasteiger partial charge in [-0.2, -0.15) is 0 Å². The molecule has 0 aliphatic rings. The van der Waals surface area contributed by atoms with Crippen molar-refractivity contribution in [2.45, 2.75) is 6.54 Å². The van der Waals surface area contributed by atoms with Crippen molar-refractivity contribution in [3.8, 4) is 0 Å². The van der Waals surface area contributed by atoms with Gasteiger partial charge in [0.15, 0.2) is 0 Å². The molecule has 0 heterocycles. The second-order valence-corrected chi connectivity index (χ2v) is 3.98. The van der Waals surface area contributed by atoms with Crippen molar-refractivity contribution in [3.63, 3.8) is 0 Å². The van der Waals surface area contributed by atoms with Crippen molar-refractivity contribution in [1.29, 1.82) is 0 Å². The van der Waals surface area contributed by atoms with E-state index in [4.69, 9.17) is 0 Å². The molecular weight excluding hydrogens is 230 g/mol. The number of carbonyl (C=O) groups excluding carboxylic acids is 2. The summed E-state index contributed by atoms with van der Waals surface area (Å²) in [7, 11) is 3.17. The molecule has 0 saturated carbocycles. The van der Waals surface area contributed by atoms with Crippen LogP contribution in [0.3, 0.4) is 0 Å². The molecule has 0 radical (unpaired) electrons. The summed E-state index contributed by atoms with van der Waals surface area (Å²) < 4.78 is 0. The van der Waals surface area contributed by atoms with Crippen LogP contribution in [0.1, 0.15) is 5.56 Å². The minimum atomic E-state index is -0.102. The monoisotopic (exact) mass is 249 g/mol. The van der Waals surface area contributed by atoms with Crippen LogP contribution in [0, 0.1) is 0 Å². The van der Waals surface area contributed by atoms with Crippen molar-refractivity contribution in [3.05, 3.63) is 35.9 Å². The number of likely N-dealkylation sites (N-methyl/N-ethyl adjacent to an activating group) is 2. The highest BCUT2D eigenvalue weighted by molar-refractivity contribution is 5.80. The fourth-order valence-electron chi connectivity index (χ4n) is 1.57. The molecule has 98 valence electrons. The van der Waals surface area contributed by atoms with Crippen molar-refractivity contribution in [2.24, 2.45) is 0 Å². The van der Waals surface area contributed by atoms with E-state index in [-0.39, 0.29) is 24.9 Å². The molecule has 0 aromatic heterocycles. The first-order valence-corrected chi connectivity index (χ1v) is 5.83. The van der Waals surface area contributed by atoms with E-state index in [2.05, 4.69) is 10.6 Å². The van der Waals surface area contributed by atoms with E-state index in [0.717, 1.165) is 5.56 Å². The molecule has 0 atom stereocenters. The zero-order valence-electron chi connectivity index (χ0n) is 10.8. The number of nitrogens with one attached hydrogen (secondary N) is 2. The van der Waals surface area contributed by atoms with Crippen LogP contribution in [0.25, 0.3) is 0 Å². The highest BCUT2D eigenvalue weighted by atomic mass is 16.2. The van der Waals surface area contributed by atoms with E-state index in [1.807, 2.05) is 30.3 Å². The Bertz CT molecular complexity index is 374. The lowest BCUT2D eigenvalue weighted by atomic mass is 10.2. The molecule has 18 heavy (non-hydrogen) atoms. The number of hydrogen-bond acceptors (Lipinski definition) is 3. The van der Waals surface area contributed by atoms with Gasteiger partial charge in [0, 0.05) is 20.6 Å². The molecule has 0 aliphatic carbocycles. The quantitative estimate of drug-likeness (QED) is 0.745. The number of rotatable bonds is 6. The van der Waals surface area contributed by atoms with E-state index < -0.39 is 0 Å². The lowest BCUT2D eigenvalue weighted by molar-refractivity contribution is -0.124. The normalized spacial score (nSPS) is 10.2. The van der Waals surface area contributed by atoms with Gasteiger partial charge >= 0.3 is 0 Å². The summed E-state index contributed by atoms with van der Waals surface area (Å²) >= 11 is 0.